The van der Waals surface area contributed by atoms with Crippen LogP contribution in [0.1, 0.15) is 25.3 Å². The molecule has 5 nitrogen and oxygen atoms in total. The Bertz CT molecular complexity index is 706. The molecular weight excluding hydrogens is 373 g/mol. The summed E-state index contributed by atoms with van der Waals surface area (Å²) < 4.78 is 39.4. The second-order valence-corrected chi connectivity index (χ2v) is 7.23. The molecule has 0 atom stereocenters. The van der Waals surface area contributed by atoms with Gasteiger partial charge in [0.2, 0.25) is 11.0 Å². The van der Waals surface area contributed by atoms with Gasteiger partial charge in [0.05, 0.1) is 17.0 Å². The van der Waals surface area contributed by atoms with Crippen molar-refractivity contribution in [1.29, 1.82) is 0 Å². The Morgan fingerprint density at radius 3 is 2.76 bits per heavy atom. The number of alkyl halides is 3. The van der Waals surface area contributed by atoms with Crippen molar-refractivity contribution >= 4 is 39.8 Å². The van der Waals surface area contributed by atoms with Crippen molar-refractivity contribution in [2.24, 2.45) is 0 Å². The van der Waals surface area contributed by atoms with Crippen LogP contribution in [0.3, 0.4) is 0 Å². The normalized spacial score (nSPS) is 11.4. The van der Waals surface area contributed by atoms with Crippen LogP contribution >= 0.6 is 23.1 Å². The standard InChI is InChI=1S/C15H17F3N4OS2/c1-2-3-8-19-12(23)9-24-14-22-21-13(25-14)20-11-7-5-4-6-10(11)15(16,17)18/h4-7H,2-3,8-9H2,1H3,(H,19,23)(H,20,21). The molecule has 10 heteroatoms. The molecule has 0 bridgehead atoms. The van der Waals surface area contributed by atoms with Gasteiger partial charge in [-0.1, -0.05) is 48.6 Å². The molecule has 0 unspecified atom stereocenters. The first kappa shape index (κ1) is 19.5. The third kappa shape index (κ3) is 6.20. The number of carbonyl (C=O) groups excluding carboxylic acids is 1. The molecule has 0 spiro atoms. The molecule has 2 rings (SSSR count). The number of halogens is 3. The number of rotatable bonds is 8. The quantitative estimate of drug-likeness (QED) is 0.519. The zero-order valence-electron chi connectivity index (χ0n) is 13.4. The fourth-order valence-electron chi connectivity index (χ4n) is 1.86. The van der Waals surface area contributed by atoms with E-state index in [-0.39, 0.29) is 22.5 Å². The summed E-state index contributed by atoms with van der Waals surface area (Å²) in [7, 11) is 0. The number of nitrogens with one attached hydrogen (secondary N) is 2. The van der Waals surface area contributed by atoms with Crippen molar-refractivity contribution in [3.63, 3.8) is 0 Å². The molecule has 0 saturated heterocycles. The van der Waals surface area contributed by atoms with Crippen LogP contribution < -0.4 is 10.6 Å². The summed E-state index contributed by atoms with van der Waals surface area (Å²) in [6.07, 6.45) is -2.54. The molecule has 0 aliphatic carbocycles. The zero-order chi connectivity index (χ0) is 18.3. The van der Waals surface area contributed by atoms with Crippen LogP contribution in [-0.4, -0.2) is 28.4 Å². The summed E-state index contributed by atoms with van der Waals surface area (Å²) >= 11 is 2.30. The molecule has 2 N–H and O–H groups in total. The van der Waals surface area contributed by atoms with Gasteiger partial charge in [0, 0.05) is 6.54 Å². The van der Waals surface area contributed by atoms with E-state index in [1.165, 1.54) is 30.0 Å². The second-order valence-electron chi connectivity index (χ2n) is 5.03. The molecule has 0 aliphatic rings. The Kier molecular flexibility index (Phi) is 7.06. The predicted molar refractivity (Wildman–Crippen MR) is 93.3 cm³/mol. The number of hydrogen-bond acceptors (Lipinski definition) is 6. The minimum absolute atomic E-state index is 0.0833. The second kappa shape index (κ2) is 9.04. The van der Waals surface area contributed by atoms with Crippen molar-refractivity contribution in [3.8, 4) is 0 Å². The maximum absolute atomic E-state index is 13.0. The van der Waals surface area contributed by atoms with Crippen molar-refractivity contribution in [2.45, 2.75) is 30.3 Å². The van der Waals surface area contributed by atoms with E-state index in [9.17, 15) is 18.0 Å². The highest BCUT2D eigenvalue weighted by Gasteiger charge is 2.33. The van der Waals surface area contributed by atoms with Gasteiger partial charge in [0.1, 0.15) is 0 Å². The molecule has 2 aromatic rings. The van der Waals surface area contributed by atoms with Crippen molar-refractivity contribution < 1.29 is 18.0 Å². The lowest BCUT2D eigenvalue weighted by molar-refractivity contribution is -0.137. The van der Waals surface area contributed by atoms with Crippen molar-refractivity contribution in [2.75, 3.05) is 17.6 Å². The van der Waals surface area contributed by atoms with Crippen LogP contribution in [0.25, 0.3) is 0 Å². The smallest absolute Gasteiger partial charge is 0.355 e. The van der Waals surface area contributed by atoms with E-state index in [0.717, 1.165) is 30.2 Å². The van der Waals surface area contributed by atoms with Crippen LogP contribution in [0.15, 0.2) is 28.6 Å². The maximum Gasteiger partial charge on any atom is 0.418 e. The lowest BCUT2D eigenvalue weighted by Gasteiger charge is -2.12. The highest BCUT2D eigenvalue weighted by Crippen LogP contribution is 2.36. The summed E-state index contributed by atoms with van der Waals surface area (Å²) in [5.41, 5.74) is -0.852. The van der Waals surface area contributed by atoms with Crippen molar-refractivity contribution in [1.82, 2.24) is 15.5 Å². The Balaban J connectivity index is 1.93. The predicted octanol–water partition coefficient (Wildman–Crippen LogP) is 4.31. The van der Waals surface area contributed by atoms with Gasteiger partial charge in [-0.05, 0) is 18.6 Å². The molecule has 0 fully saturated rings. The number of amides is 1. The minimum atomic E-state index is -4.46. The van der Waals surface area contributed by atoms with Gasteiger partial charge in [-0.25, -0.2) is 0 Å². The third-order valence-electron chi connectivity index (χ3n) is 3.06. The number of nitrogens with zero attached hydrogens (tertiary/aromatic N) is 2. The summed E-state index contributed by atoms with van der Waals surface area (Å²) in [6, 6.07) is 5.17. The van der Waals surface area contributed by atoms with Crippen molar-refractivity contribution in [3.05, 3.63) is 29.8 Å². The van der Waals surface area contributed by atoms with E-state index in [2.05, 4.69) is 20.8 Å². The van der Waals surface area contributed by atoms with Gasteiger partial charge in [0.15, 0.2) is 4.34 Å². The highest BCUT2D eigenvalue weighted by molar-refractivity contribution is 8.01. The van der Waals surface area contributed by atoms with Gasteiger partial charge < -0.3 is 10.6 Å². The van der Waals surface area contributed by atoms with Crippen LogP contribution in [0, 0.1) is 0 Å². The van der Waals surface area contributed by atoms with Crippen LogP contribution in [0.4, 0.5) is 24.0 Å². The summed E-state index contributed by atoms with van der Waals surface area (Å²) in [5, 5.41) is 13.4. The Morgan fingerprint density at radius 1 is 1.28 bits per heavy atom. The Morgan fingerprint density at radius 2 is 2.04 bits per heavy atom. The highest BCUT2D eigenvalue weighted by atomic mass is 32.2. The number of para-hydroxylation sites is 1. The summed E-state index contributed by atoms with van der Waals surface area (Å²) in [5.74, 6) is 0.0860. The summed E-state index contributed by atoms with van der Waals surface area (Å²) in [4.78, 5) is 11.6. The molecule has 1 aromatic heterocycles. The number of thioether (sulfide) groups is 1. The van der Waals surface area contributed by atoms with Gasteiger partial charge >= 0.3 is 6.18 Å². The molecular formula is C15H17F3N4OS2. The molecule has 0 radical (unpaired) electrons. The maximum atomic E-state index is 13.0. The van der Waals surface area contributed by atoms with Crippen LogP contribution in [0.5, 0.6) is 0 Å². The number of carbonyl (C=O) groups is 1. The lowest BCUT2D eigenvalue weighted by Crippen LogP contribution is -2.25. The van der Waals surface area contributed by atoms with Crippen LogP contribution in [0.2, 0.25) is 0 Å². The van der Waals surface area contributed by atoms with E-state index in [0.29, 0.717) is 10.9 Å². The van der Waals surface area contributed by atoms with E-state index < -0.39 is 11.7 Å². The summed E-state index contributed by atoms with van der Waals surface area (Å²) in [6.45, 7) is 2.67. The molecule has 1 aromatic carbocycles. The van der Waals surface area contributed by atoms with Crippen LogP contribution in [-0.2, 0) is 11.0 Å². The van der Waals surface area contributed by atoms with Gasteiger partial charge in [0.25, 0.3) is 0 Å². The zero-order valence-corrected chi connectivity index (χ0v) is 15.0. The van der Waals surface area contributed by atoms with Gasteiger partial charge in [-0.15, -0.1) is 10.2 Å². The van der Waals surface area contributed by atoms with Gasteiger partial charge in [-0.3, -0.25) is 4.79 Å². The van der Waals surface area contributed by atoms with Gasteiger partial charge in [-0.2, -0.15) is 13.2 Å². The van der Waals surface area contributed by atoms with E-state index >= 15 is 0 Å². The largest absolute Gasteiger partial charge is 0.418 e. The first-order valence-electron chi connectivity index (χ1n) is 7.56. The number of aromatic nitrogens is 2. The minimum Gasteiger partial charge on any atom is -0.355 e. The monoisotopic (exact) mass is 390 g/mol. The average Bonchev–Trinajstić information content (AvgIpc) is 3.00. The SMILES string of the molecule is CCCCNC(=O)CSc1nnc(Nc2ccccc2C(F)(F)F)s1. The number of anilines is 2. The van der Waals surface area contributed by atoms with E-state index in [1.807, 2.05) is 6.92 Å². The Labute approximate surface area is 151 Å². The number of benzene rings is 1. The molecule has 0 saturated carbocycles. The number of hydrogen-bond donors (Lipinski definition) is 2. The molecule has 0 aliphatic heterocycles. The van der Waals surface area contributed by atoms with E-state index in [1.54, 1.807) is 0 Å². The first-order chi connectivity index (χ1) is 11.9. The average molecular weight is 390 g/mol. The molecule has 1 heterocycles. The third-order valence-corrected chi connectivity index (χ3v) is 5.03. The fourth-order valence-corrected chi connectivity index (χ4v) is 3.45. The fraction of sp³-hybridized carbons (Fsp3) is 0.400. The Hall–Kier alpha value is -1.81. The topological polar surface area (TPSA) is 66.9 Å². The number of unbranched alkanes of at least 4 members (excludes halogenated alkanes) is 1. The first-order valence-corrected chi connectivity index (χ1v) is 9.36. The molecule has 25 heavy (non-hydrogen) atoms. The van der Waals surface area contributed by atoms with E-state index in [4.69, 9.17) is 0 Å². The molecule has 136 valence electrons. The lowest BCUT2D eigenvalue weighted by atomic mass is 10.2. The molecule has 1 amide bonds.